The Labute approximate surface area is 399 Å². The summed E-state index contributed by atoms with van der Waals surface area (Å²) in [5.74, 6) is -2.59. The number of amides is 4. The van der Waals surface area contributed by atoms with Crippen LogP contribution in [-0.4, -0.2) is 118 Å². The number of pyridine rings is 1. The molecule has 70 heavy (non-hydrogen) atoms. The number of phenols is 1. The summed E-state index contributed by atoms with van der Waals surface area (Å²) in [6.45, 7) is 6.55. The number of halogens is 5. The Bertz CT molecular complexity index is 3350. The maximum absolute atomic E-state index is 15.9. The van der Waals surface area contributed by atoms with Crippen molar-refractivity contribution in [2.24, 2.45) is 0 Å². The largest absolute Gasteiger partial charge is 0.507 e. The molecule has 2 aliphatic heterocycles. The lowest BCUT2D eigenvalue weighted by atomic mass is 9.92. The topological polar surface area (TPSA) is 146 Å². The van der Waals surface area contributed by atoms with Crippen LogP contribution in [0.5, 0.6) is 5.75 Å². The molecule has 4 aromatic carbocycles. The summed E-state index contributed by atoms with van der Waals surface area (Å²) >= 11 is 0. The van der Waals surface area contributed by atoms with Crippen LogP contribution in [0.2, 0.25) is 0 Å². The van der Waals surface area contributed by atoms with E-state index < -0.39 is 35.0 Å². The molecule has 7 aromatic rings. The van der Waals surface area contributed by atoms with E-state index in [1.165, 1.54) is 49.9 Å². The monoisotopic (exact) mass is 959 g/mol. The highest BCUT2D eigenvalue weighted by Gasteiger charge is 2.32. The normalized spacial score (nSPS) is 14.1. The van der Waals surface area contributed by atoms with Gasteiger partial charge < -0.3 is 34.7 Å². The molecule has 12 nitrogen and oxygen atoms in total. The van der Waals surface area contributed by atoms with Crippen molar-refractivity contribution in [2.75, 3.05) is 54.4 Å². The van der Waals surface area contributed by atoms with E-state index in [1.54, 1.807) is 36.0 Å². The van der Waals surface area contributed by atoms with Gasteiger partial charge in [-0.25, -0.2) is 8.78 Å². The van der Waals surface area contributed by atoms with Crippen LogP contribution in [0.25, 0.3) is 66.1 Å². The molecular formula is C53H50F5N7O5. The van der Waals surface area contributed by atoms with Gasteiger partial charge in [0.15, 0.2) is 11.6 Å². The summed E-state index contributed by atoms with van der Waals surface area (Å²) in [5, 5.41) is 12.4. The molecule has 3 N–H and O–H groups in total. The Morgan fingerprint density at radius 1 is 0.657 bits per heavy atom. The molecule has 362 valence electrons. The first kappa shape index (κ1) is 48.6. The molecule has 0 fully saturated rings. The number of hydrogen-bond acceptors (Lipinski definition) is 6. The third-order valence-corrected chi connectivity index (χ3v) is 12.6. The third-order valence-electron chi connectivity index (χ3n) is 12.6. The number of hydrogen-bond donors (Lipinski definition) is 3. The second-order valence-electron chi connectivity index (χ2n) is 18.0. The van der Waals surface area contributed by atoms with Crippen LogP contribution in [0.4, 0.5) is 22.0 Å². The van der Waals surface area contributed by atoms with E-state index in [-0.39, 0.29) is 63.1 Å². The number of aromatic nitrogens is 3. The Morgan fingerprint density at radius 3 is 1.66 bits per heavy atom. The first-order valence-corrected chi connectivity index (χ1v) is 22.4. The third kappa shape index (κ3) is 9.47. The Balaban J connectivity index is 0.000000188. The van der Waals surface area contributed by atoms with Gasteiger partial charge in [0, 0.05) is 107 Å². The minimum atomic E-state index is -4.65. The summed E-state index contributed by atoms with van der Waals surface area (Å²) in [6.07, 6.45) is 2.13. The number of alkyl halides is 3. The van der Waals surface area contributed by atoms with Crippen LogP contribution in [0, 0.1) is 18.6 Å². The van der Waals surface area contributed by atoms with Crippen LogP contribution in [-0.2, 0) is 15.8 Å². The maximum atomic E-state index is 15.9. The molecule has 0 spiro atoms. The van der Waals surface area contributed by atoms with E-state index in [9.17, 15) is 37.5 Å². The number of rotatable bonds is 6. The number of aryl methyl sites for hydroxylation is 1. The van der Waals surface area contributed by atoms with Gasteiger partial charge in [0.1, 0.15) is 17.1 Å². The molecule has 9 rings (SSSR count). The van der Waals surface area contributed by atoms with Crippen LogP contribution in [0.3, 0.4) is 0 Å². The van der Waals surface area contributed by atoms with Crippen molar-refractivity contribution in [3.8, 4) is 28.0 Å². The second-order valence-corrected chi connectivity index (χ2v) is 18.0. The zero-order chi connectivity index (χ0) is 50.5. The smallest absolute Gasteiger partial charge is 0.416 e. The van der Waals surface area contributed by atoms with Gasteiger partial charge in [-0.2, -0.15) is 13.2 Å². The van der Waals surface area contributed by atoms with Gasteiger partial charge in [0.25, 0.3) is 11.8 Å². The van der Waals surface area contributed by atoms with Gasteiger partial charge in [-0.1, -0.05) is 30.4 Å². The second kappa shape index (κ2) is 18.9. The zero-order valence-corrected chi connectivity index (χ0v) is 39.5. The molecule has 5 heterocycles. The van der Waals surface area contributed by atoms with Gasteiger partial charge >= 0.3 is 6.18 Å². The Kier molecular flexibility index (Phi) is 13.2. The van der Waals surface area contributed by atoms with Crippen molar-refractivity contribution in [3.63, 3.8) is 0 Å². The lowest BCUT2D eigenvalue weighted by molar-refractivity contribution is -0.137. The van der Waals surface area contributed by atoms with Crippen molar-refractivity contribution < 1.29 is 46.2 Å². The van der Waals surface area contributed by atoms with Crippen LogP contribution in [0.15, 0.2) is 85.1 Å². The zero-order valence-electron chi connectivity index (χ0n) is 39.5. The number of benzene rings is 4. The number of carbonyl (C=O) groups excluding carboxylic acids is 4. The SMILES string of the molecule is CC(=O)N1CCC=C(c2cc(-c3ccc(C(F)(F)F)cc3O)c3cc(C(=O)N(C)C)[nH]c3c2F)C1.CC(=O)N1CCC=C(c2cc(-c3ccc4cc(C)cnc4c3)c3cc(C(=O)N(C)C)[nH]c3c2F)C1. The molecule has 0 saturated carbocycles. The lowest BCUT2D eigenvalue weighted by Gasteiger charge is -2.27. The van der Waals surface area contributed by atoms with Gasteiger partial charge in [0.05, 0.1) is 22.1 Å². The summed E-state index contributed by atoms with van der Waals surface area (Å²) in [7, 11) is 6.39. The van der Waals surface area contributed by atoms with E-state index in [0.717, 1.165) is 45.3 Å². The molecule has 3 aromatic heterocycles. The van der Waals surface area contributed by atoms with Crippen molar-refractivity contribution in [1.82, 2.24) is 34.6 Å². The van der Waals surface area contributed by atoms with Crippen LogP contribution >= 0.6 is 0 Å². The number of carbonyl (C=O) groups is 4. The number of H-pyrrole nitrogens is 2. The summed E-state index contributed by atoms with van der Waals surface area (Å²) in [4.78, 5) is 65.5. The standard InChI is InChI=1S/C28H27FN4O2.C25H23F4N3O3/c1-16-10-19-8-7-18(11-24(19)30-14-16)21-12-22(20-6-5-9-33(15-20)17(2)34)26(29)27-23(21)13-25(31-27)28(35)32(3)4;1-13(33)32-8-4-5-14(12-32)17-10-18(16-7-6-15(9-21(16)34)25(27,28)29)19-11-20(24(35)31(2)3)30-23(19)22(17)26/h6-8,10-14,31H,5,9,15H2,1-4H3;5-7,9-11,30,34H,4,8,12H2,1-3H3. The molecule has 17 heteroatoms. The molecule has 0 bridgehead atoms. The molecule has 4 amide bonds. The predicted molar refractivity (Wildman–Crippen MR) is 260 cm³/mol. The number of nitrogens with one attached hydrogen (secondary N) is 2. The Morgan fingerprint density at radius 2 is 1.17 bits per heavy atom. The first-order valence-electron chi connectivity index (χ1n) is 22.4. The Hall–Kier alpha value is -7.82. The summed E-state index contributed by atoms with van der Waals surface area (Å²) in [5.41, 5.74) is 5.36. The highest BCUT2D eigenvalue weighted by molar-refractivity contribution is 6.07. The number of fused-ring (bicyclic) bond motifs is 3. The lowest BCUT2D eigenvalue weighted by Crippen LogP contribution is -2.33. The van der Waals surface area contributed by atoms with Crippen LogP contribution in [0.1, 0.15) is 69.9 Å². The molecule has 2 aliphatic rings. The van der Waals surface area contributed by atoms with Gasteiger partial charge in [0.2, 0.25) is 11.8 Å². The molecular weight excluding hydrogens is 910 g/mol. The predicted octanol–water partition coefficient (Wildman–Crippen LogP) is 10.2. The summed E-state index contributed by atoms with van der Waals surface area (Å²) < 4.78 is 71.1. The van der Waals surface area contributed by atoms with Crippen LogP contribution < -0.4 is 0 Å². The maximum Gasteiger partial charge on any atom is 0.416 e. The fraction of sp³-hybridized carbons (Fsp3) is 0.264. The molecule has 0 atom stereocenters. The highest BCUT2D eigenvalue weighted by Crippen LogP contribution is 2.43. The average Bonchev–Trinajstić information content (AvgIpc) is 3.98. The first-order chi connectivity index (χ1) is 33.1. The molecule has 0 radical (unpaired) electrons. The molecule has 0 saturated heterocycles. The number of nitrogens with zero attached hydrogens (tertiary/aromatic N) is 5. The minimum absolute atomic E-state index is 0.0251. The quantitative estimate of drug-likeness (QED) is 0.142. The van der Waals surface area contributed by atoms with Crippen molar-refractivity contribution in [2.45, 2.75) is 39.8 Å². The summed E-state index contributed by atoms with van der Waals surface area (Å²) in [6, 6.07) is 17.0. The van der Waals surface area contributed by atoms with E-state index in [1.807, 2.05) is 43.5 Å². The average molecular weight is 960 g/mol. The van der Waals surface area contributed by atoms with Crippen molar-refractivity contribution >= 4 is 67.5 Å². The van der Waals surface area contributed by atoms with Crippen molar-refractivity contribution in [3.05, 3.63) is 130 Å². The minimum Gasteiger partial charge on any atom is -0.507 e. The van der Waals surface area contributed by atoms with Gasteiger partial charge in [-0.05, 0) is 102 Å². The number of phenolic OH excluding ortho intramolecular Hbond substituents is 1. The van der Waals surface area contributed by atoms with Gasteiger partial charge in [-0.3, -0.25) is 24.2 Å². The molecule has 0 aliphatic carbocycles. The molecule has 0 unspecified atom stereocenters. The van der Waals surface area contributed by atoms with Crippen molar-refractivity contribution in [1.29, 1.82) is 0 Å². The highest BCUT2D eigenvalue weighted by atomic mass is 19.4. The van der Waals surface area contributed by atoms with Gasteiger partial charge in [-0.15, -0.1) is 0 Å². The van der Waals surface area contributed by atoms with E-state index in [4.69, 9.17) is 0 Å². The fourth-order valence-electron chi connectivity index (χ4n) is 8.91. The van der Waals surface area contributed by atoms with E-state index >= 15 is 8.78 Å². The van der Waals surface area contributed by atoms with E-state index in [2.05, 4.69) is 21.0 Å². The fourth-order valence-corrected chi connectivity index (χ4v) is 8.91. The van der Waals surface area contributed by atoms with E-state index in [0.29, 0.717) is 60.8 Å². The number of aromatic hydroxyl groups is 1. The number of aromatic amines is 2.